The van der Waals surface area contributed by atoms with Crippen LogP contribution in [0.1, 0.15) is 63.3 Å². The number of carbonyl (C=O) groups is 1. The van der Waals surface area contributed by atoms with E-state index in [1.807, 2.05) is 13.8 Å². The molecule has 0 radical (unpaired) electrons. The molecule has 1 saturated heterocycles. The molecule has 0 unspecified atom stereocenters. The van der Waals surface area contributed by atoms with E-state index in [4.69, 9.17) is 10.5 Å². The molecule has 2 aliphatic rings. The van der Waals surface area contributed by atoms with Crippen LogP contribution in [-0.2, 0) is 14.8 Å². The molecule has 0 spiro atoms. The summed E-state index contributed by atoms with van der Waals surface area (Å²) in [4.78, 5) is 17.6. The van der Waals surface area contributed by atoms with Gasteiger partial charge in [-0.2, -0.15) is 4.31 Å². The average molecular weight is 493 g/mol. The first-order chi connectivity index (χ1) is 15.7. The van der Waals surface area contributed by atoms with Gasteiger partial charge in [-0.05, 0) is 64.5 Å². The number of hydrogen-bond acceptors (Lipinski definition) is 7. The highest BCUT2D eigenvalue weighted by atomic mass is 32.2. The molecular formula is C23H32N4O4S2. The number of hydrogen-bond donors (Lipinski definition) is 2. The Morgan fingerprint density at radius 2 is 1.91 bits per heavy atom. The van der Waals surface area contributed by atoms with Crippen molar-refractivity contribution in [3.8, 4) is 10.4 Å². The number of nitrogens with zero attached hydrogens (tertiary/aromatic N) is 2. The predicted octanol–water partition coefficient (Wildman–Crippen LogP) is 4.34. The highest BCUT2D eigenvalue weighted by Gasteiger charge is 2.31. The van der Waals surface area contributed by atoms with Crippen molar-refractivity contribution >= 4 is 33.1 Å². The second-order valence-electron chi connectivity index (χ2n) is 9.08. The van der Waals surface area contributed by atoms with Crippen molar-refractivity contribution in [3.05, 3.63) is 29.4 Å². The summed E-state index contributed by atoms with van der Waals surface area (Å²) in [6, 6.07) is 5.21. The number of rotatable bonds is 6. The van der Waals surface area contributed by atoms with Crippen molar-refractivity contribution in [2.24, 2.45) is 0 Å². The summed E-state index contributed by atoms with van der Waals surface area (Å²) >= 11 is 1.55. The van der Waals surface area contributed by atoms with Crippen LogP contribution >= 0.6 is 11.3 Å². The molecule has 1 aliphatic carbocycles. The van der Waals surface area contributed by atoms with Crippen LogP contribution in [0.2, 0.25) is 0 Å². The van der Waals surface area contributed by atoms with Gasteiger partial charge in [0.05, 0.1) is 20.9 Å². The average Bonchev–Trinajstić information content (AvgIpc) is 3.46. The van der Waals surface area contributed by atoms with Crippen LogP contribution < -0.4 is 11.1 Å². The van der Waals surface area contributed by atoms with E-state index in [1.165, 1.54) is 0 Å². The maximum absolute atomic E-state index is 13.3. The Kier molecular flexibility index (Phi) is 7.25. The van der Waals surface area contributed by atoms with Gasteiger partial charge in [-0.15, -0.1) is 11.3 Å². The van der Waals surface area contributed by atoms with Gasteiger partial charge in [0.15, 0.2) is 0 Å². The first-order valence-electron chi connectivity index (χ1n) is 11.6. The van der Waals surface area contributed by atoms with E-state index in [2.05, 4.69) is 10.3 Å². The zero-order valence-electron chi connectivity index (χ0n) is 19.1. The van der Waals surface area contributed by atoms with E-state index >= 15 is 0 Å². The van der Waals surface area contributed by atoms with Crippen LogP contribution in [-0.4, -0.2) is 49.0 Å². The quantitative estimate of drug-likeness (QED) is 0.580. The molecule has 1 aromatic carbocycles. The number of nitrogens with one attached hydrogen (secondary N) is 1. The summed E-state index contributed by atoms with van der Waals surface area (Å²) in [7, 11) is -3.60. The van der Waals surface area contributed by atoms with E-state index in [-0.39, 0.29) is 23.1 Å². The summed E-state index contributed by atoms with van der Waals surface area (Å²) in [6.45, 7) is 4.76. The van der Waals surface area contributed by atoms with Crippen LogP contribution in [0.5, 0.6) is 0 Å². The smallest absolute Gasteiger partial charge is 0.407 e. The highest BCUT2D eigenvalue weighted by Crippen LogP contribution is 2.40. The van der Waals surface area contributed by atoms with Crippen LogP contribution in [0, 0.1) is 0 Å². The Balaban J connectivity index is 1.48. The van der Waals surface area contributed by atoms with Gasteiger partial charge in [0.1, 0.15) is 0 Å². The molecule has 2 fully saturated rings. The van der Waals surface area contributed by atoms with E-state index in [1.54, 1.807) is 40.0 Å². The maximum atomic E-state index is 13.3. The molecule has 1 aromatic heterocycles. The molecule has 180 valence electrons. The van der Waals surface area contributed by atoms with E-state index in [0.717, 1.165) is 48.4 Å². The number of ether oxygens (including phenoxy) is 1. The number of sulfonamides is 1. The lowest BCUT2D eigenvalue weighted by molar-refractivity contribution is 0.109. The fourth-order valence-corrected chi connectivity index (χ4v) is 7.47. The molecule has 1 aliphatic heterocycles. The first kappa shape index (κ1) is 24.0. The second kappa shape index (κ2) is 9.99. The molecule has 0 bridgehead atoms. The Morgan fingerprint density at radius 3 is 2.58 bits per heavy atom. The molecule has 2 aromatic rings. The number of amides is 1. The van der Waals surface area contributed by atoms with Gasteiger partial charge in [-0.3, -0.25) is 0 Å². The van der Waals surface area contributed by atoms with Gasteiger partial charge in [0, 0.05) is 42.5 Å². The number of nitrogens with two attached hydrogens (primary N) is 1. The Morgan fingerprint density at radius 1 is 1.21 bits per heavy atom. The van der Waals surface area contributed by atoms with Crippen LogP contribution in [0.15, 0.2) is 29.3 Å². The minimum atomic E-state index is -3.60. The van der Waals surface area contributed by atoms with Gasteiger partial charge in [-0.1, -0.05) is 6.07 Å². The summed E-state index contributed by atoms with van der Waals surface area (Å²) < 4.78 is 33.3. The van der Waals surface area contributed by atoms with Crippen molar-refractivity contribution in [1.82, 2.24) is 14.6 Å². The van der Waals surface area contributed by atoms with Gasteiger partial charge < -0.3 is 15.8 Å². The van der Waals surface area contributed by atoms with E-state index in [0.29, 0.717) is 30.3 Å². The molecule has 4 rings (SSSR count). The van der Waals surface area contributed by atoms with Crippen molar-refractivity contribution in [1.29, 1.82) is 0 Å². The molecule has 33 heavy (non-hydrogen) atoms. The third-order valence-electron chi connectivity index (χ3n) is 6.22. The van der Waals surface area contributed by atoms with Gasteiger partial charge in [0.2, 0.25) is 10.0 Å². The normalized spacial score (nSPS) is 21.9. The fourth-order valence-electron chi connectivity index (χ4n) is 4.52. The number of thiazole rings is 1. The summed E-state index contributed by atoms with van der Waals surface area (Å²) in [5.74, 6) is 0.301. The number of benzene rings is 1. The summed E-state index contributed by atoms with van der Waals surface area (Å²) in [5, 5.41) is 3.96. The summed E-state index contributed by atoms with van der Waals surface area (Å²) in [5.41, 5.74) is 7.06. The third kappa shape index (κ3) is 5.50. The molecule has 0 atom stereocenters. The zero-order valence-corrected chi connectivity index (χ0v) is 20.8. The topological polar surface area (TPSA) is 115 Å². The molecule has 2 heterocycles. The minimum absolute atomic E-state index is 0.112. The standard InChI is InChI=1S/C23H32N4O4S2/c1-15(2)31-23(28)26-18-8-5-16(6-9-18)22-25-14-20(32-22)19-10-7-17(24)13-21(19)33(29,30)27-11-3-4-12-27/h7,10,13-16,18H,3-6,8-9,11-12,24H2,1-2H3,(H,26,28). The molecule has 8 nitrogen and oxygen atoms in total. The largest absolute Gasteiger partial charge is 0.447 e. The lowest BCUT2D eigenvalue weighted by Gasteiger charge is -2.28. The van der Waals surface area contributed by atoms with Gasteiger partial charge in [-0.25, -0.2) is 18.2 Å². The van der Waals surface area contributed by atoms with Crippen molar-refractivity contribution < 1.29 is 17.9 Å². The first-order valence-corrected chi connectivity index (χ1v) is 13.8. The zero-order chi connectivity index (χ0) is 23.6. The maximum Gasteiger partial charge on any atom is 0.407 e. The Labute approximate surface area is 199 Å². The molecular weight excluding hydrogens is 460 g/mol. The Hall–Kier alpha value is -2.17. The number of anilines is 1. The molecule has 1 saturated carbocycles. The summed E-state index contributed by atoms with van der Waals surface area (Å²) in [6.07, 6.45) is 6.61. The van der Waals surface area contributed by atoms with Gasteiger partial charge in [0.25, 0.3) is 0 Å². The minimum Gasteiger partial charge on any atom is -0.447 e. The van der Waals surface area contributed by atoms with Crippen molar-refractivity contribution in [2.45, 2.75) is 75.3 Å². The highest BCUT2D eigenvalue weighted by molar-refractivity contribution is 7.89. The number of nitrogen functional groups attached to an aromatic ring is 1. The van der Waals surface area contributed by atoms with E-state index < -0.39 is 10.0 Å². The van der Waals surface area contributed by atoms with Crippen LogP contribution in [0.3, 0.4) is 0 Å². The number of alkyl carbamates (subject to hydrolysis) is 1. The van der Waals surface area contributed by atoms with Crippen molar-refractivity contribution in [2.75, 3.05) is 18.8 Å². The lowest BCUT2D eigenvalue weighted by Crippen LogP contribution is -2.38. The molecule has 1 amide bonds. The van der Waals surface area contributed by atoms with Crippen LogP contribution in [0.4, 0.5) is 10.5 Å². The van der Waals surface area contributed by atoms with Crippen molar-refractivity contribution in [3.63, 3.8) is 0 Å². The number of aromatic nitrogens is 1. The van der Waals surface area contributed by atoms with Gasteiger partial charge >= 0.3 is 6.09 Å². The lowest BCUT2D eigenvalue weighted by atomic mass is 9.86. The number of carbonyl (C=O) groups excluding carboxylic acids is 1. The van der Waals surface area contributed by atoms with Crippen LogP contribution in [0.25, 0.3) is 10.4 Å². The third-order valence-corrected chi connectivity index (χ3v) is 9.35. The molecule has 10 heteroatoms. The predicted molar refractivity (Wildman–Crippen MR) is 130 cm³/mol. The monoisotopic (exact) mass is 492 g/mol. The fraction of sp³-hybridized carbons (Fsp3) is 0.565. The second-order valence-corrected chi connectivity index (χ2v) is 12.0. The Bertz CT molecular complexity index is 1090. The molecule has 3 N–H and O–H groups in total. The van der Waals surface area contributed by atoms with E-state index in [9.17, 15) is 13.2 Å². The SMILES string of the molecule is CC(C)OC(=O)NC1CCC(c2ncc(-c3ccc(N)cc3S(=O)(=O)N3CCCC3)s2)CC1.